The Balaban J connectivity index is 1.74. The third-order valence-electron chi connectivity index (χ3n) is 4.16. The number of hydrogen-bond acceptors (Lipinski definition) is 5. The summed E-state index contributed by atoms with van der Waals surface area (Å²) >= 11 is 6.91. The van der Waals surface area contributed by atoms with Gasteiger partial charge in [0.2, 0.25) is 0 Å². The molecule has 0 spiro atoms. The summed E-state index contributed by atoms with van der Waals surface area (Å²) < 4.78 is 33.0. The highest BCUT2D eigenvalue weighted by molar-refractivity contribution is 7.91. The van der Waals surface area contributed by atoms with Crippen molar-refractivity contribution in [2.45, 2.75) is 24.5 Å². The normalized spacial score (nSPS) is 16.8. The maximum atomic E-state index is 12.7. The molecule has 0 atom stereocenters. The lowest BCUT2D eigenvalue weighted by atomic mass is 10.2. The van der Waals surface area contributed by atoms with E-state index in [0.29, 0.717) is 47.5 Å². The van der Waals surface area contributed by atoms with Crippen molar-refractivity contribution < 1.29 is 17.6 Å². The predicted octanol–water partition coefficient (Wildman–Crippen LogP) is 3.15. The molecule has 6 nitrogen and oxygen atoms in total. The van der Waals surface area contributed by atoms with E-state index in [-0.39, 0.29) is 16.7 Å². The van der Waals surface area contributed by atoms with Gasteiger partial charge in [0.25, 0.3) is 15.9 Å². The summed E-state index contributed by atoms with van der Waals surface area (Å²) in [6.07, 6.45) is 0.583. The van der Waals surface area contributed by atoms with Crippen LogP contribution in [0.5, 0.6) is 0 Å². The number of halogens is 1. The van der Waals surface area contributed by atoms with E-state index in [0.717, 1.165) is 11.3 Å². The molecule has 1 aliphatic heterocycles. The Labute approximate surface area is 156 Å². The van der Waals surface area contributed by atoms with E-state index in [4.69, 9.17) is 16.0 Å². The molecule has 2 aromatic heterocycles. The first-order valence-corrected chi connectivity index (χ1v) is 10.5. The van der Waals surface area contributed by atoms with Crippen molar-refractivity contribution in [3.8, 4) is 0 Å². The van der Waals surface area contributed by atoms with Crippen molar-refractivity contribution in [3.63, 3.8) is 0 Å². The molecule has 0 aliphatic carbocycles. The summed E-state index contributed by atoms with van der Waals surface area (Å²) in [6.45, 7) is 5.06. The Morgan fingerprint density at radius 3 is 2.56 bits per heavy atom. The Morgan fingerprint density at radius 1 is 1.20 bits per heavy atom. The first-order valence-electron chi connectivity index (χ1n) is 7.91. The number of nitrogens with zero attached hydrogens (tertiary/aromatic N) is 2. The van der Waals surface area contributed by atoms with Gasteiger partial charge in [-0.05, 0) is 38.5 Å². The Kier molecular flexibility index (Phi) is 5.24. The molecule has 136 valence electrons. The Bertz CT molecular complexity index is 888. The molecule has 0 N–H and O–H groups in total. The standard InChI is InChI=1S/C16H19ClN2O4S2/c1-11-10-13(12(2)23-11)16(20)18-6-3-7-19(9-8-18)25(21,22)15-5-4-14(17)24-15/h4-5,10H,3,6-9H2,1-2H3. The van der Waals surface area contributed by atoms with Crippen LogP contribution in [0.1, 0.15) is 28.3 Å². The van der Waals surface area contributed by atoms with Crippen LogP contribution in [-0.2, 0) is 10.0 Å². The molecule has 2 aromatic rings. The fourth-order valence-electron chi connectivity index (χ4n) is 2.91. The lowest BCUT2D eigenvalue weighted by Crippen LogP contribution is -2.37. The van der Waals surface area contributed by atoms with Gasteiger partial charge in [0.1, 0.15) is 15.7 Å². The number of rotatable bonds is 3. The maximum absolute atomic E-state index is 12.7. The summed E-state index contributed by atoms with van der Waals surface area (Å²) in [5, 5.41) is 0. The molecule has 0 saturated carbocycles. The summed E-state index contributed by atoms with van der Waals surface area (Å²) in [5.74, 6) is 1.16. The van der Waals surface area contributed by atoms with Crippen LogP contribution in [0, 0.1) is 13.8 Å². The SMILES string of the molecule is Cc1cc(C(=O)N2CCCN(S(=O)(=O)c3ccc(Cl)s3)CC2)c(C)o1. The number of hydrogen-bond donors (Lipinski definition) is 0. The van der Waals surface area contributed by atoms with Gasteiger partial charge in [-0.25, -0.2) is 8.42 Å². The van der Waals surface area contributed by atoms with Crippen molar-refractivity contribution in [2.75, 3.05) is 26.2 Å². The maximum Gasteiger partial charge on any atom is 0.257 e. The monoisotopic (exact) mass is 402 g/mol. The van der Waals surface area contributed by atoms with Crippen LogP contribution < -0.4 is 0 Å². The van der Waals surface area contributed by atoms with E-state index in [1.165, 1.54) is 10.4 Å². The molecule has 1 amide bonds. The zero-order valence-electron chi connectivity index (χ0n) is 14.0. The molecular formula is C16H19ClN2O4S2. The van der Waals surface area contributed by atoms with Gasteiger partial charge in [0.15, 0.2) is 0 Å². The zero-order chi connectivity index (χ0) is 18.2. The second kappa shape index (κ2) is 7.11. The van der Waals surface area contributed by atoms with Gasteiger partial charge >= 0.3 is 0 Å². The molecular weight excluding hydrogens is 384 g/mol. The number of sulfonamides is 1. The van der Waals surface area contributed by atoms with Gasteiger partial charge in [-0.3, -0.25) is 4.79 Å². The highest BCUT2D eigenvalue weighted by atomic mass is 35.5. The van der Waals surface area contributed by atoms with Crippen molar-refractivity contribution in [3.05, 3.63) is 39.6 Å². The number of carbonyl (C=O) groups is 1. The molecule has 25 heavy (non-hydrogen) atoms. The van der Waals surface area contributed by atoms with E-state index in [1.54, 1.807) is 30.9 Å². The van der Waals surface area contributed by atoms with Crippen LogP contribution in [0.3, 0.4) is 0 Å². The van der Waals surface area contributed by atoms with Crippen LogP contribution in [0.15, 0.2) is 26.8 Å². The molecule has 0 aromatic carbocycles. The van der Waals surface area contributed by atoms with Crippen LogP contribution in [0.4, 0.5) is 0 Å². The van der Waals surface area contributed by atoms with Crippen molar-refractivity contribution in [2.24, 2.45) is 0 Å². The first-order chi connectivity index (χ1) is 11.8. The average molecular weight is 403 g/mol. The minimum atomic E-state index is -3.57. The fraction of sp³-hybridized carbons (Fsp3) is 0.438. The van der Waals surface area contributed by atoms with Gasteiger partial charge in [0, 0.05) is 26.2 Å². The molecule has 9 heteroatoms. The lowest BCUT2D eigenvalue weighted by molar-refractivity contribution is 0.0762. The van der Waals surface area contributed by atoms with E-state index >= 15 is 0 Å². The van der Waals surface area contributed by atoms with E-state index in [1.807, 2.05) is 0 Å². The van der Waals surface area contributed by atoms with Gasteiger partial charge in [-0.15, -0.1) is 11.3 Å². The topological polar surface area (TPSA) is 70.8 Å². The van der Waals surface area contributed by atoms with Crippen LogP contribution >= 0.6 is 22.9 Å². The van der Waals surface area contributed by atoms with Crippen LogP contribution in [0.25, 0.3) is 0 Å². The summed E-state index contributed by atoms with van der Waals surface area (Å²) in [7, 11) is -3.57. The molecule has 0 unspecified atom stereocenters. The second-order valence-electron chi connectivity index (χ2n) is 5.94. The second-order valence-corrected chi connectivity index (χ2v) is 9.82. The zero-order valence-corrected chi connectivity index (χ0v) is 16.4. The summed E-state index contributed by atoms with van der Waals surface area (Å²) in [6, 6.07) is 4.83. The fourth-order valence-corrected chi connectivity index (χ4v) is 6.02. The summed E-state index contributed by atoms with van der Waals surface area (Å²) in [4.78, 5) is 14.4. The van der Waals surface area contributed by atoms with Crippen LogP contribution in [0.2, 0.25) is 4.34 Å². The first kappa shape index (κ1) is 18.4. The Morgan fingerprint density at radius 2 is 1.96 bits per heavy atom. The summed E-state index contributed by atoms with van der Waals surface area (Å²) in [5.41, 5.74) is 0.541. The lowest BCUT2D eigenvalue weighted by Gasteiger charge is -2.21. The number of amides is 1. The van der Waals surface area contributed by atoms with Crippen molar-refractivity contribution in [1.82, 2.24) is 9.21 Å². The number of thiophene rings is 1. The van der Waals surface area contributed by atoms with Gasteiger partial charge < -0.3 is 9.32 Å². The van der Waals surface area contributed by atoms with Gasteiger partial charge in [0.05, 0.1) is 9.90 Å². The molecule has 0 radical (unpaired) electrons. The quantitative estimate of drug-likeness (QED) is 0.790. The minimum absolute atomic E-state index is 0.118. The van der Waals surface area contributed by atoms with E-state index in [2.05, 4.69) is 0 Å². The third-order valence-corrected chi connectivity index (χ3v) is 7.75. The Hall–Kier alpha value is -1.35. The largest absolute Gasteiger partial charge is 0.466 e. The molecule has 3 heterocycles. The highest BCUT2D eigenvalue weighted by Gasteiger charge is 2.30. The molecule has 0 bridgehead atoms. The number of aryl methyl sites for hydroxylation is 2. The number of carbonyl (C=O) groups excluding carboxylic acids is 1. The van der Waals surface area contributed by atoms with Crippen LogP contribution in [-0.4, -0.2) is 49.7 Å². The van der Waals surface area contributed by atoms with E-state index < -0.39 is 10.0 Å². The van der Waals surface area contributed by atoms with Crippen molar-refractivity contribution in [1.29, 1.82) is 0 Å². The smallest absolute Gasteiger partial charge is 0.257 e. The third kappa shape index (κ3) is 3.76. The molecule has 1 fully saturated rings. The van der Waals surface area contributed by atoms with E-state index in [9.17, 15) is 13.2 Å². The number of furan rings is 1. The highest BCUT2D eigenvalue weighted by Crippen LogP contribution is 2.28. The average Bonchev–Trinajstić information content (AvgIpc) is 3.03. The van der Waals surface area contributed by atoms with Gasteiger partial charge in [-0.1, -0.05) is 11.6 Å². The molecule has 3 rings (SSSR count). The molecule has 1 saturated heterocycles. The van der Waals surface area contributed by atoms with Crippen molar-refractivity contribution >= 4 is 38.9 Å². The minimum Gasteiger partial charge on any atom is -0.466 e. The molecule has 1 aliphatic rings. The van der Waals surface area contributed by atoms with Gasteiger partial charge in [-0.2, -0.15) is 4.31 Å². The predicted molar refractivity (Wildman–Crippen MR) is 96.8 cm³/mol.